The first-order valence-corrected chi connectivity index (χ1v) is 6.03. The molecular formula is C15H13NO5. The molecule has 0 saturated carbocycles. The molecule has 0 atom stereocenters. The summed E-state index contributed by atoms with van der Waals surface area (Å²) in [6.07, 6.45) is 0. The predicted octanol–water partition coefficient (Wildman–Crippen LogP) is 2.35. The summed E-state index contributed by atoms with van der Waals surface area (Å²) in [5.74, 6) is -1.16. The molecule has 0 aliphatic rings. The number of aromatic hydroxyl groups is 1. The van der Waals surface area contributed by atoms with Gasteiger partial charge in [-0.25, -0.2) is 4.79 Å². The van der Waals surface area contributed by atoms with Crippen molar-refractivity contribution < 1.29 is 24.5 Å². The van der Waals surface area contributed by atoms with Crippen LogP contribution in [0.4, 0.5) is 5.69 Å². The van der Waals surface area contributed by atoms with Crippen molar-refractivity contribution in [1.29, 1.82) is 0 Å². The monoisotopic (exact) mass is 287 g/mol. The summed E-state index contributed by atoms with van der Waals surface area (Å²) in [6, 6.07) is 9.91. The molecule has 0 bridgehead atoms. The van der Waals surface area contributed by atoms with Gasteiger partial charge in [-0.05, 0) is 36.4 Å². The summed E-state index contributed by atoms with van der Waals surface area (Å²) in [5.41, 5.74) is 0.398. The van der Waals surface area contributed by atoms with Crippen molar-refractivity contribution in [2.45, 2.75) is 0 Å². The number of anilines is 1. The van der Waals surface area contributed by atoms with Crippen molar-refractivity contribution in [2.24, 2.45) is 0 Å². The topological polar surface area (TPSA) is 95.9 Å². The van der Waals surface area contributed by atoms with Crippen molar-refractivity contribution in [3.05, 3.63) is 53.6 Å². The predicted molar refractivity (Wildman–Crippen MR) is 76.0 cm³/mol. The number of methoxy groups -OCH3 is 1. The molecule has 2 aromatic carbocycles. The number of rotatable bonds is 4. The third-order valence-corrected chi connectivity index (χ3v) is 2.83. The molecule has 6 nitrogen and oxygen atoms in total. The van der Waals surface area contributed by atoms with E-state index in [2.05, 4.69) is 5.32 Å². The minimum Gasteiger partial charge on any atom is -0.508 e. The Hall–Kier alpha value is -3.02. The number of benzene rings is 2. The lowest BCUT2D eigenvalue weighted by atomic mass is 10.1. The standard InChI is InChI=1S/C15H13NO5/c1-21-11-6-7-12(15(19)20)13(8-11)16-14(18)9-2-4-10(17)5-3-9/h2-8,17H,1H3,(H,16,18)(H,19,20). The zero-order valence-corrected chi connectivity index (χ0v) is 11.2. The maximum Gasteiger partial charge on any atom is 0.337 e. The number of ether oxygens (including phenoxy) is 1. The molecule has 1 amide bonds. The molecule has 2 rings (SSSR count). The summed E-state index contributed by atoms with van der Waals surface area (Å²) in [7, 11) is 1.45. The fraction of sp³-hybridized carbons (Fsp3) is 0.0667. The van der Waals surface area contributed by atoms with E-state index >= 15 is 0 Å². The van der Waals surface area contributed by atoms with E-state index in [1.54, 1.807) is 0 Å². The zero-order chi connectivity index (χ0) is 15.4. The van der Waals surface area contributed by atoms with Crippen molar-refractivity contribution >= 4 is 17.6 Å². The van der Waals surface area contributed by atoms with Gasteiger partial charge in [0.15, 0.2) is 0 Å². The Morgan fingerprint density at radius 3 is 2.33 bits per heavy atom. The molecule has 2 aromatic rings. The molecule has 21 heavy (non-hydrogen) atoms. The van der Waals surface area contributed by atoms with Crippen molar-refractivity contribution in [1.82, 2.24) is 0 Å². The molecule has 6 heteroatoms. The molecule has 0 radical (unpaired) electrons. The average Bonchev–Trinajstić information content (AvgIpc) is 2.47. The lowest BCUT2D eigenvalue weighted by molar-refractivity contribution is 0.0698. The maximum atomic E-state index is 12.1. The number of aromatic carboxylic acids is 1. The van der Waals surface area contributed by atoms with Crippen LogP contribution in [0.5, 0.6) is 11.5 Å². The Labute approximate surface area is 120 Å². The molecule has 0 unspecified atom stereocenters. The number of carbonyl (C=O) groups is 2. The van der Waals surface area contributed by atoms with Crippen LogP contribution >= 0.6 is 0 Å². The van der Waals surface area contributed by atoms with Gasteiger partial charge in [-0.1, -0.05) is 0 Å². The Morgan fingerprint density at radius 1 is 1.10 bits per heavy atom. The normalized spacial score (nSPS) is 9.95. The number of hydrogen-bond donors (Lipinski definition) is 3. The summed E-state index contributed by atoms with van der Waals surface area (Å²) in [6.45, 7) is 0. The summed E-state index contributed by atoms with van der Waals surface area (Å²) in [5, 5.41) is 20.8. The van der Waals surface area contributed by atoms with E-state index in [1.165, 1.54) is 49.6 Å². The van der Waals surface area contributed by atoms with E-state index in [4.69, 9.17) is 9.84 Å². The van der Waals surface area contributed by atoms with Gasteiger partial charge < -0.3 is 20.3 Å². The van der Waals surface area contributed by atoms with E-state index in [9.17, 15) is 14.7 Å². The van der Waals surface area contributed by atoms with Crippen LogP contribution in [0.1, 0.15) is 20.7 Å². The van der Waals surface area contributed by atoms with Gasteiger partial charge in [0.05, 0.1) is 18.4 Å². The lowest BCUT2D eigenvalue weighted by Crippen LogP contribution is -2.14. The lowest BCUT2D eigenvalue weighted by Gasteiger charge is -2.10. The molecule has 0 aliphatic carbocycles. The largest absolute Gasteiger partial charge is 0.508 e. The number of phenolic OH excluding ortho intramolecular Hbond substituents is 1. The van der Waals surface area contributed by atoms with Gasteiger partial charge in [-0.15, -0.1) is 0 Å². The molecule has 108 valence electrons. The molecule has 3 N–H and O–H groups in total. The van der Waals surface area contributed by atoms with Crippen LogP contribution in [-0.4, -0.2) is 29.2 Å². The van der Waals surface area contributed by atoms with Gasteiger partial charge >= 0.3 is 5.97 Å². The second kappa shape index (κ2) is 5.96. The molecule has 0 saturated heterocycles. The molecule has 0 fully saturated rings. The van der Waals surface area contributed by atoms with E-state index in [0.717, 1.165) is 0 Å². The third kappa shape index (κ3) is 3.30. The summed E-state index contributed by atoms with van der Waals surface area (Å²) >= 11 is 0. The Morgan fingerprint density at radius 2 is 1.76 bits per heavy atom. The van der Waals surface area contributed by atoms with Gasteiger partial charge in [0.25, 0.3) is 5.91 Å². The zero-order valence-electron chi connectivity index (χ0n) is 11.2. The van der Waals surface area contributed by atoms with E-state index in [-0.39, 0.29) is 17.0 Å². The second-order valence-electron chi connectivity index (χ2n) is 4.22. The highest BCUT2D eigenvalue weighted by Gasteiger charge is 2.14. The quantitative estimate of drug-likeness (QED) is 0.802. The fourth-order valence-electron chi connectivity index (χ4n) is 1.75. The van der Waals surface area contributed by atoms with Crippen molar-refractivity contribution in [3.8, 4) is 11.5 Å². The fourth-order valence-corrected chi connectivity index (χ4v) is 1.75. The van der Waals surface area contributed by atoms with Gasteiger partial charge in [-0.2, -0.15) is 0 Å². The van der Waals surface area contributed by atoms with Crippen molar-refractivity contribution in [3.63, 3.8) is 0 Å². The maximum absolute atomic E-state index is 12.1. The number of amides is 1. The Kier molecular flexibility index (Phi) is 4.08. The minimum absolute atomic E-state index is 0.0390. The van der Waals surface area contributed by atoms with Gasteiger partial charge in [-0.3, -0.25) is 4.79 Å². The summed E-state index contributed by atoms with van der Waals surface area (Å²) in [4.78, 5) is 23.2. The summed E-state index contributed by atoms with van der Waals surface area (Å²) < 4.78 is 5.02. The second-order valence-corrected chi connectivity index (χ2v) is 4.22. The molecule has 0 aromatic heterocycles. The highest BCUT2D eigenvalue weighted by Crippen LogP contribution is 2.23. The first-order valence-electron chi connectivity index (χ1n) is 6.03. The van der Waals surface area contributed by atoms with Crippen LogP contribution in [-0.2, 0) is 0 Å². The van der Waals surface area contributed by atoms with Crippen LogP contribution in [0, 0.1) is 0 Å². The number of carboxylic acids is 1. The number of nitrogens with one attached hydrogen (secondary N) is 1. The Balaban J connectivity index is 2.31. The van der Waals surface area contributed by atoms with Crippen molar-refractivity contribution in [2.75, 3.05) is 12.4 Å². The van der Waals surface area contributed by atoms with Gasteiger partial charge in [0.2, 0.25) is 0 Å². The average molecular weight is 287 g/mol. The van der Waals surface area contributed by atoms with Gasteiger partial charge in [0, 0.05) is 11.6 Å². The van der Waals surface area contributed by atoms with Crippen LogP contribution in [0.15, 0.2) is 42.5 Å². The van der Waals surface area contributed by atoms with Crippen LogP contribution in [0.25, 0.3) is 0 Å². The number of phenols is 1. The smallest absolute Gasteiger partial charge is 0.337 e. The first-order chi connectivity index (χ1) is 10.0. The van der Waals surface area contributed by atoms with Crippen LogP contribution in [0.3, 0.4) is 0 Å². The number of carboxylic acid groups (broad SMARTS) is 1. The van der Waals surface area contributed by atoms with E-state index < -0.39 is 11.9 Å². The minimum atomic E-state index is -1.15. The Bertz CT molecular complexity index is 679. The van der Waals surface area contributed by atoms with E-state index in [0.29, 0.717) is 11.3 Å². The highest BCUT2D eigenvalue weighted by molar-refractivity contribution is 6.07. The SMILES string of the molecule is COc1ccc(C(=O)O)c(NC(=O)c2ccc(O)cc2)c1. The third-order valence-electron chi connectivity index (χ3n) is 2.83. The number of carbonyl (C=O) groups excluding carboxylic acids is 1. The molecule has 0 spiro atoms. The van der Waals surface area contributed by atoms with Gasteiger partial charge in [0.1, 0.15) is 11.5 Å². The van der Waals surface area contributed by atoms with E-state index in [1.807, 2.05) is 0 Å². The molecule has 0 aliphatic heterocycles. The molecular weight excluding hydrogens is 274 g/mol. The first kappa shape index (κ1) is 14.4. The number of hydrogen-bond acceptors (Lipinski definition) is 4. The van der Waals surface area contributed by atoms with Crippen LogP contribution in [0.2, 0.25) is 0 Å². The molecule has 0 heterocycles. The van der Waals surface area contributed by atoms with Crippen LogP contribution < -0.4 is 10.1 Å². The highest BCUT2D eigenvalue weighted by atomic mass is 16.5.